The van der Waals surface area contributed by atoms with E-state index in [2.05, 4.69) is 9.97 Å². The molecule has 0 spiro atoms. The second kappa shape index (κ2) is 4.84. The highest BCUT2D eigenvalue weighted by Gasteiger charge is 2.17. The molecule has 18 heavy (non-hydrogen) atoms. The normalized spacial score (nSPS) is 10.0. The van der Waals surface area contributed by atoms with Crippen molar-refractivity contribution in [3.05, 3.63) is 45.5 Å². The van der Waals surface area contributed by atoms with E-state index in [0.29, 0.717) is 12.1 Å². The molecule has 1 aromatic heterocycles. The molecule has 0 saturated carbocycles. The monoisotopic (exact) mass is 263 g/mol. The van der Waals surface area contributed by atoms with Gasteiger partial charge in [-0.3, -0.25) is 19.5 Å². The van der Waals surface area contributed by atoms with Gasteiger partial charge in [-0.25, -0.2) is 0 Å². The van der Waals surface area contributed by atoms with Gasteiger partial charge in [-0.1, -0.05) is 18.2 Å². The number of para-hydroxylation sites is 1. The summed E-state index contributed by atoms with van der Waals surface area (Å²) in [6.45, 7) is 0. The highest BCUT2D eigenvalue weighted by Crippen LogP contribution is 2.25. The summed E-state index contributed by atoms with van der Waals surface area (Å²) in [6, 6.07) is 8.46. The van der Waals surface area contributed by atoms with E-state index in [9.17, 15) is 14.7 Å². The van der Waals surface area contributed by atoms with Crippen LogP contribution < -0.4 is 10.5 Å². The summed E-state index contributed by atoms with van der Waals surface area (Å²) < 4.78 is -0.0137. The number of nitrogens with zero attached hydrogens (tertiary/aromatic N) is 1. The predicted octanol–water partition coefficient (Wildman–Crippen LogP) is 1.43. The molecular formula is C11H9N3O3S. The van der Waals surface area contributed by atoms with Crippen LogP contribution in [0.1, 0.15) is 0 Å². The number of H-pyrrole nitrogens is 2. The first-order valence-corrected chi connectivity index (χ1v) is 5.39. The Hall–Kier alpha value is -2.41. The van der Waals surface area contributed by atoms with Crippen LogP contribution in [0, 0.1) is 4.77 Å². The Morgan fingerprint density at radius 3 is 2.44 bits per heavy atom. The smallest absolute Gasteiger partial charge is 0.280 e. The highest BCUT2D eigenvalue weighted by molar-refractivity contribution is 7.71. The van der Waals surface area contributed by atoms with E-state index < -0.39 is 11.4 Å². The van der Waals surface area contributed by atoms with Gasteiger partial charge < -0.3 is 10.1 Å². The fourth-order valence-electron chi connectivity index (χ4n) is 1.52. The first-order valence-electron chi connectivity index (χ1n) is 4.98. The van der Waals surface area contributed by atoms with E-state index in [-0.39, 0.29) is 10.5 Å². The molecule has 92 valence electrons. The number of aromatic amines is 2. The summed E-state index contributed by atoms with van der Waals surface area (Å²) >= 11 is 4.71. The van der Waals surface area contributed by atoms with Gasteiger partial charge in [0, 0.05) is 5.69 Å². The van der Waals surface area contributed by atoms with E-state index in [1.807, 2.05) is 0 Å². The molecule has 7 heteroatoms. The SMILES string of the molecule is O=CN(c1ccccc1)c1c(O)[nH]c(=S)[nH]c1=O. The zero-order valence-corrected chi connectivity index (χ0v) is 9.90. The number of carbonyl (C=O) groups excluding carboxylic acids is 1. The van der Waals surface area contributed by atoms with Crippen LogP contribution in [0.2, 0.25) is 0 Å². The maximum absolute atomic E-state index is 11.7. The van der Waals surface area contributed by atoms with Crippen molar-refractivity contribution in [3.8, 4) is 5.88 Å². The molecule has 0 unspecified atom stereocenters. The molecule has 2 aromatic rings. The third-order valence-electron chi connectivity index (χ3n) is 2.28. The van der Waals surface area contributed by atoms with Gasteiger partial charge in [0.2, 0.25) is 12.3 Å². The Kier molecular flexibility index (Phi) is 3.24. The molecule has 1 amide bonds. The van der Waals surface area contributed by atoms with Gasteiger partial charge in [0.1, 0.15) is 0 Å². The summed E-state index contributed by atoms with van der Waals surface area (Å²) in [6.07, 6.45) is 0.441. The summed E-state index contributed by atoms with van der Waals surface area (Å²) in [5, 5.41) is 9.69. The zero-order chi connectivity index (χ0) is 13.1. The van der Waals surface area contributed by atoms with Crippen molar-refractivity contribution in [2.45, 2.75) is 0 Å². The lowest BCUT2D eigenvalue weighted by molar-refractivity contribution is -0.106. The standard InChI is InChI=1S/C11H9N3O3S/c15-6-14(7-4-2-1-3-5-7)8-9(16)12-11(18)13-10(8)17/h1-6H,(H3,12,13,16,17,18). The molecule has 6 nitrogen and oxygen atoms in total. The van der Waals surface area contributed by atoms with Crippen molar-refractivity contribution in [2.24, 2.45) is 0 Å². The second-order valence-corrected chi connectivity index (χ2v) is 3.82. The van der Waals surface area contributed by atoms with E-state index in [4.69, 9.17) is 12.2 Å². The molecule has 0 aliphatic rings. The number of benzene rings is 1. The largest absolute Gasteiger partial charge is 0.493 e. The fraction of sp³-hybridized carbons (Fsp3) is 0. The number of hydrogen-bond acceptors (Lipinski definition) is 4. The van der Waals surface area contributed by atoms with E-state index in [1.54, 1.807) is 30.3 Å². The lowest BCUT2D eigenvalue weighted by Gasteiger charge is -2.16. The molecule has 3 N–H and O–H groups in total. The first-order chi connectivity index (χ1) is 8.63. The van der Waals surface area contributed by atoms with Gasteiger partial charge in [-0.05, 0) is 24.4 Å². The second-order valence-electron chi connectivity index (χ2n) is 3.42. The molecule has 1 heterocycles. The number of nitrogens with one attached hydrogen (secondary N) is 2. The van der Waals surface area contributed by atoms with Crippen molar-refractivity contribution < 1.29 is 9.90 Å². The number of amides is 1. The minimum atomic E-state index is -0.646. The first kappa shape index (κ1) is 12.1. The molecular weight excluding hydrogens is 254 g/mol. The maximum atomic E-state index is 11.7. The molecule has 0 radical (unpaired) electrons. The predicted molar refractivity (Wildman–Crippen MR) is 68.6 cm³/mol. The number of aromatic hydroxyl groups is 1. The minimum absolute atomic E-state index is 0.0137. The van der Waals surface area contributed by atoms with Crippen LogP contribution in [-0.4, -0.2) is 21.5 Å². The number of hydrogen-bond donors (Lipinski definition) is 3. The Balaban J connectivity index is 2.63. The van der Waals surface area contributed by atoms with Gasteiger partial charge in [-0.2, -0.15) is 0 Å². The van der Waals surface area contributed by atoms with E-state index >= 15 is 0 Å². The maximum Gasteiger partial charge on any atom is 0.280 e. The summed E-state index contributed by atoms with van der Waals surface area (Å²) in [5.41, 5.74) is -0.393. The number of aromatic nitrogens is 2. The van der Waals surface area contributed by atoms with Crippen LogP contribution in [0.5, 0.6) is 5.88 Å². The minimum Gasteiger partial charge on any atom is -0.493 e. The van der Waals surface area contributed by atoms with Crippen LogP contribution in [-0.2, 0) is 4.79 Å². The van der Waals surface area contributed by atoms with E-state index in [0.717, 1.165) is 4.90 Å². The Labute approximate surface area is 107 Å². The molecule has 0 saturated heterocycles. The van der Waals surface area contributed by atoms with Crippen molar-refractivity contribution in [2.75, 3.05) is 4.90 Å². The topological polar surface area (TPSA) is 89.2 Å². The summed E-state index contributed by atoms with van der Waals surface area (Å²) in [7, 11) is 0. The van der Waals surface area contributed by atoms with Gasteiger partial charge >= 0.3 is 0 Å². The molecule has 0 atom stereocenters. The highest BCUT2D eigenvalue weighted by atomic mass is 32.1. The van der Waals surface area contributed by atoms with Crippen LogP contribution >= 0.6 is 12.2 Å². The number of anilines is 2. The zero-order valence-electron chi connectivity index (χ0n) is 9.08. The van der Waals surface area contributed by atoms with Crippen molar-refractivity contribution in [1.29, 1.82) is 0 Å². The van der Waals surface area contributed by atoms with Gasteiger partial charge in [-0.15, -0.1) is 0 Å². The molecule has 0 bridgehead atoms. The fourth-order valence-corrected chi connectivity index (χ4v) is 1.71. The summed E-state index contributed by atoms with van der Waals surface area (Å²) in [5.74, 6) is -0.459. The van der Waals surface area contributed by atoms with Crippen molar-refractivity contribution in [3.63, 3.8) is 0 Å². The Bertz CT molecular complexity index is 678. The van der Waals surface area contributed by atoms with Gasteiger partial charge in [0.05, 0.1) is 0 Å². The number of rotatable bonds is 3. The quantitative estimate of drug-likeness (QED) is 0.577. The lowest BCUT2D eigenvalue weighted by atomic mass is 10.3. The Morgan fingerprint density at radius 1 is 1.22 bits per heavy atom. The van der Waals surface area contributed by atoms with E-state index in [1.165, 1.54) is 0 Å². The van der Waals surface area contributed by atoms with Crippen LogP contribution in [0.3, 0.4) is 0 Å². The van der Waals surface area contributed by atoms with Gasteiger partial charge in [0.25, 0.3) is 5.56 Å². The lowest BCUT2D eigenvalue weighted by Crippen LogP contribution is -2.23. The molecule has 0 fully saturated rings. The number of carbonyl (C=O) groups is 1. The van der Waals surface area contributed by atoms with Crippen LogP contribution in [0.4, 0.5) is 11.4 Å². The molecule has 1 aromatic carbocycles. The average molecular weight is 263 g/mol. The third kappa shape index (κ3) is 2.16. The van der Waals surface area contributed by atoms with Crippen molar-refractivity contribution >= 4 is 30.0 Å². The van der Waals surface area contributed by atoms with Gasteiger partial charge in [0.15, 0.2) is 10.5 Å². The average Bonchev–Trinajstić information content (AvgIpc) is 2.34. The Morgan fingerprint density at radius 2 is 1.89 bits per heavy atom. The summed E-state index contributed by atoms with van der Waals surface area (Å²) in [4.78, 5) is 28.6. The molecule has 0 aliphatic heterocycles. The third-order valence-corrected chi connectivity index (χ3v) is 2.48. The van der Waals surface area contributed by atoms with Crippen LogP contribution in [0.25, 0.3) is 0 Å². The molecule has 2 rings (SSSR count). The van der Waals surface area contributed by atoms with Crippen molar-refractivity contribution in [1.82, 2.24) is 9.97 Å². The molecule has 0 aliphatic carbocycles. The van der Waals surface area contributed by atoms with Crippen LogP contribution in [0.15, 0.2) is 35.1 Å².